The van der Waals surface area contributed by atoms with Gasteiger partial charge in [-0.05, 0) is 29.5 Å². The Morgan fingerprint density at radius 1 is 1.45 bits per heavy atom. The normalized spacial score (nSPS) is 25.3. The van der Waals surface area contributed by atoms with E-state index in [-0.39, 0.29) is 5.41 Å². The van der Waals surface area contributed by atoms with Crippen molar-refractivity contribution < 1.29 is 4.74 Å². The number of likely N-dealkylation sites (tertiary alicyclic amines) is 1. The number of benzene rings is 1. The van der Waals surface area contributed by atoms with E-state index in [0.29, 0.717) is 6.04 Å². The van der Waals surface area contributed by atoms with Crippen LogP contribution in [0.4, 0.5) is 0 Å². The number of piperidine rings is 1. The van der Waals surface area contributed by atoms with Gasteiger partial charge in [-0.25, -0.2) is 0 Å². The molecule has 1 atom stereocenters. The van der Waals surface area contributed by atoms with E-state index in [4.69, 9.17) is 10.5 Å². The van der Waals surface area contributed by atoms with E-state index in [1.54, 1.807) is 0 Å². The molecule has 1 aromatic carbocycles. The summed E-state index contributed by atoms with van der Waals surface area (Å²) in [5.41, 5.74) is 9.05. The van der Waals surface area contributed by atoms with Crippen LogP contribution in [-0.2, 0) is 13.0 Å². The molecule has 1 fully saturated rings. The summed E-state index contributed by atoms with van der Waals surface area (Å²) in [5, 5.41) is 0. The summed E-state index contributed by atoms with van der Waals surface area (Å²) >= 11 is 3.62. The minimum atomic E-state index is 0.189. The molecule has 0 bridgehead atoms. The highest BCUT2D eigenvalue weighted by atomic mass is 79.9. The van der Waals surface area contributed by atoms with Crippen molar-refractivity contribution in [3.63, 3.8) is 0 Å². The monoisotopic (exact) mass is 338 g/mol. The molecule has 2 aliphatic rings. The highest BCUT2D eigenvalue weighted by Gasteiger charge is 2.33. The van der Waals surface area contributed by atoms with E-state index in [9.17, 15) is 0 Å². The number of ether oxygens (including phenoxy) is 1. The first kappa shape index (κ1) is 14.4. The second-order valence-electron chi connectivity index (χ2n) is 6.75. The molecule has 2 aliphatic heterocycles. The number of halogens is 1. The number of nitrogens with zero attached hydrogens (tertiary/aromatic N) is 1. The molecule has 3 nitrogen and oxygen atoms in total. The van der Waals surface area contributed by atoms with Gasteiger partial charge >= 0.3 is 0 Å². The molecule has 20 heavy (non-hydrogen) atoms. The zero-order chi connectivity index (χ0) is 14.3. The first-order chi connectivity index (χ1) is 9.45. The third kappa shape index (κ3) is 2.74. The number of fused-ring (bicyclic) bond motifs is 1. The van der Waals surface area contributed by atoms with Crippen LogP contribution in [0, 0.1) is 5.41 Å². The first-order valence-electron chi connectivity index (χ1n) is 7.38. The van der Waals surface area contributed by atoms with E-state index in [2.05, 4.69) is 46.8 Å². The summed E-state index contributed by atoms with van der Waals surface area (Å²) in [4.78, 5) is 2.51. The Morgan fingerprint density at radius 2 is 2.25 bits per heavy atom. The van der Waals surface area contributed by atoms with E-state index in [0.717, 1.165) is 49.3 Å². The molecule has 0 radical (unpaired) electrons. The van der Waals surface area contributed by atoms with Gasteiger partial charge in [0, 0.05) is 42.1 Å². The highest BCUT2D eigenvalue weighted by molar-refractivity contribution is 9.10. The number of rotatable bonds is 2. The lowest BCUT2D eigenvalue weighted by atomic mass is 9.79. The van der Waals surface area contributed by atoms with Crippen LogP contribution in [0.5, 0.6) is 5.75 Å². The third-order valence-corrected chi connectivity index (χ3v) is 5.07. The Morgan fingerprint density at radius 3 is 3.00 bits per heavy atom. The molecule has 2 heterocycles. The lowest BCUT2D eigenvalue weighted by molar-refractivity contribution is 0.0892. The van der Waals surface area contributed by atoms with Crippen LogP contribution >= 0.6 is 15.9 Å². The minimum Gasteiger partial charge on any atom is -0.493 e. The quantitative estimate of drug-likeness (QED) is 0.900. The van der Waals surface area contributed by atoms with Crippen molar-refractivity contribution in [3.05, 3.63) is 27.7 Å². The van der Waals surface area contributed by atoms with Crippen LogP contribution in [0.2, 0.25) is 0 Å². The van der Waals surface area contributed by atoms with Crippen LogP contribution in [0.3, 0.4) is 0 Å². The molecule has 2 N–H and O–H groups in total. The third-order valence-electron chi connectivity index (χ3n) is 4.61. The second-order valence-corrected chi connectivity index (χ2v) is 7.66. The first-order valence-corrected chi connectivity index (χ1v) is 8.17. The molecule has 0 saturated carbocycles. The number of hydrogen-bond acceptors (Lipinski definition) is 3. The van der Waals surface area contributed by atoms with E-state index in [1.165, 1.54) is 11.1 Å². The highest BCUT2D eigenvalue weighted by Crippen LogP contribution is 2.35. The lowest BCUT2D eigenvalue weighted by Gasteiger charge is -2.42. The van der Waals surface area contributed by atoms with Crippen molar-refractivity contribution in [2.75, 3.05) is 19.7 Å². The van der Waals surface area contributed by atoms with Crippen LogP contribution in [0.15, 0.2) is 16.6 Å². The lowest BCUT2D eigenvalue weighted by Crippen LogP contribution is -2.52. The summed E-state index contributed by atoms with van der Waals surface area (Å²) in [5.74, 6) is 1.11. The maximum atomic E-state index is 6.22. The fraction of sp³-hybridized carbons (Fsp3) is 0.625. The van der Waals surface area contributed by atoms with Gasteiger partial charge in [-0.1, -0.05) is 29.8 Å². The summed E-state index contributed by atoms with van der Waals surface area (Å²) < 4.78 is 6.98. The second kappa shape index (κ2) is 5.32. The van der Waals surface area contributed by atoms with Crippen molar-refractivity contribution >= 4 is 15.9 Å². The number of hydrogen-bond donors (Lipinski definition) is 1. The molecule has 0 aromatic heterocycles. The van der Waals surface area contributed by atoms with Crippen LogP contribution in [0.1, 0.15) is 31.4 Å². The summed E-state index contributed by atoms with van der Waals surface area (Å²) in [6, 6.07) is 4.69. The maximum Gasteiger partial charge on any atom is 0.127 e. The summed E-state index contributed by atoms with van der Waals surface area (Å²) in [6.07, 6.45) is 2.10. The molecule has 0 aliphatic carbocycles. The Kier molecular flexibility index (Phi) is 3.82. The molecule has 0 spiro atoms. The van der Waals surface area contributed by atoms with Crippen LogP contribution in [0.25, 0.3) is 0 Å². The molecule has 3 rings (SSSR count). The largest absolute Gasteiger partial charge is 0.493 e. The van der Waals surface area contributed by atoms with Gasteiger partial charge < -0.3 is 10.5 Å². The van der Waals surface area contributed by atoms with Gasteiger partial charge in [-0.3, -0.25) is 4.90 Å². The fourth-order valence-corrected chi connectivity index (χ4v) is 3.88. The van der Waals surface area contributed by atoms with Crippen molar-refractivity contribution in [1.29, 1.82) is 0 Å². The van der Waals surface area contributed by atoms with E-state index < -0.39 is 0 Å². The van der Waals surface area contributed by atoms with Gasteiger partial charge in [0.2, 0.25) is 0 Å². The van der Waals surface area contributed by atoms with Gasteiger partial charge in [-0.2, -0.15) is 0 Å². The molecule has 110 valence electrons. The van der Waals surface area contributed by atoms with Gasteiger partial charge in [0.05, 0.1) is 6.61 Å². The Hall–Kier alpha value is -0.580. The van der Waals surface area contributed by atoms with Crippen molar-refractivity contribution in [2.45, 2.75) is 39.3 Å². The van der Waals surface area contributed by atoms with Crippen molar-refractivity contribution in [1.82, 2.24) is 4.90 Å². The maximum absolute atomic E-state index is 6.22. The fourth-order valence-electron chi connectivity index (χ4n) is 3.32. The minimum absolute atomic E-state index is 0.189. The Balaban J connectivity index is 1.79. The van der Waals surface area contributed by atoms with Crippen molar-refractivity contribution in [3.8, 4) is 5.75 Å². The Labute approximate surface area is 129 Å². The summed E-state index contributed by atoms with van der Waals surface area (Å²) in [7, 11) is 0. The predicted molar refractivity (Wildman–Crippen MR) is 85.0 cm³/mol. The van der Waals surface area contributed by atoms with Gasteiger partial charge in [-0.15, -0.1) is 0 Å². The summed E-state index contributed by atoms with van der Waals surface area (Å²) in [6.45, 7) is 8.44. The van der Waals surface area contributed by atoms with E-state index >= 15 is 0 Å². The SMILES string of the molecule is CC1(C)CN(Cc2cc(Br)cc3c2OCC3)CCC1N. The average molecular weight is 339 g/mol. The smallest absolute Gasteiger partial charge is 0.127 e. The van der Waals surface area contributed by atoms with Gasteiger partial charge in [0.1, 0.15) is 5.75 Å². The van der Waals surface area contributed by atoms with E-state index in [1.807, 2.05) is 0 Å². The zero-order valence-corrected chi connectivity index (χ0v) is 13.9. The molecule has 4 heteroatoms. The van der Waals surface area contributed by atoms with Crippen LogP contribution < -0.4 is 10.5 Å². The average Bonchev–Trinajstić information content (AvgIpc) is 2.81. The topological polar surface area (TPSA) is 38.5 Å². The van der Waals surface area contributed by atoms with Gasteiger partial charge in [0.25, 0.3) is 0 Å². The molecular weight excluding hydrogens is 316 g/mol. The molecule has 1 aromatic rings. The molecule has 0 amide bonds. The number of nitrogens with two attached hydrogens (primary N) is 1. The molecular formula is C16H23BrN2O. The molecule has 1 saturated heterocycles. The standard InChI is InChI=1S/C16H23BrN2O/c1-16(2)10-19(5-3-14(16)18)9-12-8-13(17)7-11-4-6-20-15(11)12/h7-8,14H,3-6,9-10,18H2,1-2H3. The Bertz CT molecular complexity index is 515. The van der Waals surface area contributed by atoms with Crippen molar-refractivity contribution in [2.24, 2.45) is 11.1 Å². The zero-order valence-electron chi connectivity index (χ0n) is 12.3. The molecule has 1 unspecified atom stereocenters. The van der Waals surface area contributed by atoms with Crippen LogP contribution in [-0.4, -0.2) is 30.6 Å². The predicted octanol–water partition coefficient (Wildman–Crippen LogP) is 2.94. The van der Waals surface area contributed by atoms with Gasteiger partial charge in [0.15, 0.2) is 0 Å².